The Hall–Kier alpha value is -1.89. The number of carbonyl (C=O) groups excluding carboxylic acids is 1. The lowest BCUT2D eigenvalue weighted by Crippen LogP contribution is -2.48. The van der Waals surface area contributed by atoms with E-state index < -0.39 is 16.1 Å². The van der Waals surface area contributed by atoms with Crippen LogP contribution in [0.5, 0.6) is 0 Å². The molecule has 27 heavy (non-hydrogen) atoms. The monoisotopic (exact) mass is 408 g/mol. The summed E-state index contributed by atoms with van der Waals surface area (Å²) in [6.45, 7) is 2.61. The highest BCUT2D eigenvalue weighted by molar-refractivity contribution is 7.89. The SMILES string of the molecule is CCCCCNC(=O)[C@@H](Cc1ccccc1)NS(=O)(=O)c1ccc(Cl)cc1. The molecule has 0 aliphatic heterocycles. The molecule has 7 heteroatoms. The number of nitrogens with one attached hydrogen (secondary N) is 2. The molecule has 0 aromatic heterocycles. The van der Waals surface area contributed by atoms with Gasteiger partial charge in [0.2, 0.25) is 15.9 Å². The van der Waals surface area contributed by atoms with Gasteiger partial charge in [-0.25, -0.2) is 8.42 Å². The van der Waals surface area contributed by atoms with Crippen LogP contribution in [0.25, 0.3) is 0 Å². The molecule has 0 saturated carbocycles. The lowest BCUT2D eigenvalue weighted by Gasteiger charge is -2.19. The number of benzene rings is 2. The fraction of sp³-hybridized carbons (Fsp3) is 0.350. The Labute approximate surface area is 166 Å². The van der Waals surface area contributed by atoms with Gasteiger partial charge in [-0.05, 0) is 42.7 Å². The number of unbranched alkanes of at least 4 members (excludes halogenated alkanes) is 2. The van der Waals surface area contributed by atoms with Crippen molar-refractivity contribution in [1.29, 1.82) is 0 Å². The van der Waals surface area contributed by atoms with Crippen LogP contribution in [0.4, 0.5) is 0 Å². The Morgan fingerprint density at radius 2 is 1.70 bits per heavy atom. The van der Waals surface area contributed by atoms with Crippen LogP contribution < -0.4 is 10.0 Å². The second-order valence-electron chi connectivity index (χ2n) is 6.32. The zero-order chi connectivity index (χ0) is 19.7. The molecule has 2 N–H and O–H groups in total. The van der Waals surface area contributed by atoms with Crippen molar-refractivity contribution < 1.29 is 13.2 Å². The molecule has 0 heterocycles. The van der Waals surface area contributed by atoms with Crippen molar-refractivity contribution >= 4 is 27.5 Å². The number of hydrogen-bond acceptors (Lipinski definition) is 3. The Kier molecular flexibility index (Phi) is 8.28. The van der Waals surface area contributed by atoms with E-state index >= 15 is 0 Å². The third-order valence-electron chi connectivity index (χ3n) is 4.10. The van der Waals surface area contributed by atoms with Crippen LogP contribution in [0, 0.1) is 0 Å². The molecule has 2 rings (SSSR count). The first-order chi connectivity index (χ1) is 12.9. The lowest BCUT2D eigenvalue weighted by molar-refractivity contribution is -0.122. The summed E-state index contributed by atoms with van der Waals surface area (Å²) in [4.78, 5) is 12.7. The van der Waals surface area contributed by atoms with Crippen LogP contribution in [-0.2, 0) is 21.2 Å². The summed E-state index contributed by atoms with van der Waals surface area (Å²) in [5.74, 6) is -0.326. The maximum Gasteiger partial charge on any atom is 0.241 e. The van der Waals surface area contributed by atoms with E-state index in [0.29, 0.717) is 11.6 Å². The summed E-state index contributed by atoms with van der Waals surface area (Å²) in [7, 11) is -3.85. The van der Waals surface area contributed by atoms with Gasteiger partial charge in [0, 0.05) is 11.6 Å². The van der Waals surface area contributed by atoms with Crippen molar-refractivity contribution in [3.8, 4) is 0 Å². The van der Waals surface area contributed by atoms with Crippen molar-refractivity contribution in [2.45, 2.75) is 43.5 Å². The fourth-order valence-corrected chi connectivity index (χ4v) is 3.94. The topological polar surface area (TPSA) is 75.3 Å². The molecule has 1 amide bonds. The minimum atomic E-state index is -3.85. The van der Waals surface area contributed by atoms with Gasteiger partial charge in [-0.1, -0.05) is 61.7 Å². The predicted octanol–water partition coefficient (Wildman–Crippen LogP) is 3.54. The molecule has 0 fully saturated rings. The van der Waals surface area contributed by atoms with E-state index in [1.54, 1.807) is 0 Å². The summed E-state index contributed by atoms with van der Waals surface area (Å²) < 4.78 is 27.9. The average Bonchev–Trinajstić information content (AvgIpc) is 2.65. The van der Waals surface area contributed by atoms with Crippen molar-refractivity contribution in [3.63, 3.8) is 0 Å². The minimum absolute atomic E-state index is 0.0729. The second-order valence-corrected chi connectivity index (χ2v) is 8.47. The van der Waals surface area contributed by atoms with E-state index in [1.807, 2.05) is 30.3 Å². The molecule has 0 saturated heterocycles. The first-order valence-electron chi connectivity index (χ1n) is 9.02. The normalized spacial score (nSPS) is 12.5. The smallest absolute Gasteiger partial charge is 0.241 e. The van der Waals surface area contributed by atoms with E-state index in [2.05, 4.69) is 17.0 Å². The Morgan fingerprint density at radius 1 is 1.04 bits per heavy atom. The van der Waals surface area contributed by atoms with E-state index in [9.17, 15) is 13.2 Å². The Balaban J connectivity index is 2.15. The fourth-order valence-electron chi connectivity index (χ4n) is 2.62. The van der Waals surface area contributed by atoms with Crippen LogP contribution in [0.15, 0.2) is 59.5 Å². The van der Waals surface area contributed by atoms with Gasteiger partial charge in [-0.2, -0.15) is 4.72 Å². The predicted molar refractivity (Wildman–Crippen MR) is 108 cm³/mol. The van der Waals surface area contributed by atoms with Crippen LogP contribution in [-0.4, -0.2) is 26.9 Å². The molecule has 146 valence electrons. The van der Waals surface area contributed by atoms with E-state index in [4.69, 9.17) is 11.6 Å². The molecular formula is C20H25ClN2O3S. The third kappa shape index (κ3) is 6.97. The van der Waals surface area contributed by atoms with Crippen molar-refractivity contribution in [2.75, 3.05) is 6.54 Å². The number of sulfonamides is 1. The highest BCUT2D eigenvalue weighted by Crippen LogP contribution is 2.15. The maximum atomic E-state index is 12.7. The Bertz CT molecular complexity index is 824. The van der Waals surface area contributed by atoms with Gasteiger partial charge < -0.3 is 5.32 Å². The van der Waals surface area contributed by atoms with Crippen molar-refractivity contribution in [3.05, 3.63) is 65.2 Å². The zero-order valence-corrected chi connectivity index (χ0v) is 16.9. The van der Waals surface area contributed by atoms with Crippen LogP contribution in [0.3, 0.4) is 0 Å². The first-order valence-corrected chi connectivity index (χ1v) is 10.9. The molecule has 0 radical (unpaired) electrons. The second kappa shape index (κ2) is 10.4. The van der Waals surface area contributed by atoms with Gasteiger partial charge in [0.15, 0.2) is 0 Å². The van der Waals surface area contributed by atoms with Crippen LogP contribution in [0.1, 0.15) is 31.7 Å². The summed E-state index contributed by atoms with van der Waals surface area (Å²) in [6, 6.07) is 14.3. The first kappa shape index (κ1) is 21.4. The van der Waals surface area contributed by atoms with Gasteiger partial charge in [-0.3, -0.25) is 4.79 Å². The standard InChI is InChI=1S/C20H25ClN2O3S/c1-2-3-7-14-22-20(24)19(15-16-8-5-4-6-9-16)23-27(25,26)18-12-10-17(21)11-13-18/h4-6,8-13,19,23H,2-3,7,14-15H2,1H3,(H,22,24)/t19-/m1/s1. The molecule has 1 atom stereocenters. The Morgan fingerprint density at radius 3 is 2.33 bits per heavy atom. The lowest BCUT2D eigenvalue weighted by atomic mass is 10.1. The van der Waals surface area contributed by atoms with E-state index in [0.717, 1.165) is 24.8 Å². The maximum absolute atomic E-state index is 12.7. The molecule has 2 aromatic carbocycles. The number of carbonyl (C=O) groups is 1. The number of hydrogen-bond donors (Lipinski definition) is 2. The molecule has 0 aliphatic carbocycles. The quantitative estimate of drug-likeness (QED) is 0.590. The summed E-state index contributed by atoms with van der Waals surface area (Å²) in [6.07, 6.45) is 3.20. The number of halogens is 1. The molecule has 2 aromatic rings. The van der Waals surface area contributed by atoms with Gasteiger partial charge in [0.1, 0.15) is 6.04 Å². The van der Waals surface area contributed by atoms with E-state index in [1.165, 1.54) is 24.3 Å². The van der Waals surface area contributed by atoms with Crippen molar-refractivity contribution in [1.82, 2.24) is 10.0 Å². The van der Waals surface area contributed by atoms with Crippen molar-refractivity contribution in [2.24, 2.45) is 0 Å². The van der Waals surface area contributed by atoms with Gasteiger partial charge in [0.25, 0.3) is 0 Å². The summed E-state index contributed by atoms with van der Waals surface area (Å²) >= 11 is 5.83. The molecule has 0 spiro atoms. The highest BCUT2D eigenvalue weighted by Gasteiger charge is 2.25. The van der Waals surface area contributed by atoms with Crippen LogP contribution in [0.2, 0.25) is 5.02 Å². The molecular weight excluding hydrogens is 384 g/mol. The average molecular weight is 409 g/mol. The highest BCUT2D eigenvalue weighted by atomic mass is 35.5. The van der Waals surface area contributed by atoms with Gasteiger partial charge in [-0.15, -0.1) is 0 Å². The summed E-state index contributed by atoms with van der Waals surface area (Å²) in [5, 5.41) is 3.28. The molecule has 5 nitrogen and oxygen atoms in total. The summed E-state index contributed by atoms with van der Waals surface area (Å²) in [5.41, 5.74) is 0.880. The van der Waals surface area contributed by atoms with Crippen LogP contribution >= 0.6 is 11.6 Å². The third-order valence-corrected chi connectivity index (χ3v) is 5.84. The number of rotatable bonds is 10. The molecule has 0 unspecified atom stereocenters. The number of amides is 1. The zero-order valence-electron chi connectivity index (χ0n) is 15.3. The molecule has 0 aliphatic rings. The van der Waals surface area contributed by atoms with E-state index in [-0.39, 0.29) is 17.2 Å². The largest absolute Gasteiger partial charge is 0.355 e. The van der Waals surface area contributed by atoms with Gasteiger partial charge >= 0.3 is 0 Å². The minimum Gasteiger partial charge on any atom is -0.355 e. The van der Waals surface area contributed by atoms with Gasteiger partial charge in [0.05, 0.1) is 4.90 Å². The molecule has 0 bridgehead atoms.